The Balaban J connectivity index is 1.70. The third kappa shape index (κ3) is 5.68. The number of nitrogens with zero attached hydrogens (tertiary/aromatic N) is 2. The van der Waals surface area contributed by atoms with Gasteiger partial charge in [-0.3, -0.25) is 0 Å². The molecule has 2 heteroatoms. The molecule has 2 aromatic rings. The fraction of sp³-hybridized carbons (Fsp3) is 0.368. The molecule has 0 bridgehead atoms. The Morgan fingerprint density at radius 1 is 0.725 bits per heavy atom. The van der Waals surface area contributed by atoms with Crippen LogP contribution in [0.2, 0.25) is 0 Å². The summed E-state index contributed by atoms with van der Waals surface area (Å²) < 4.78 is 0. The number of benzene rings is 2. The van der Waals surface area contributed by atoms with Gasteiger partial charge in [-0.1, -0.05) is 83.9 Å². The fourth-order valence-electron chi connectivity index (χ4n) is 6.56. The summed E-state index contributed by atoms with van der Waals surface area (Å²) >= 11 is 0. The van der Waals surface area contributed by atoms with Gasteiger partial charge in [-0.05, 0) is 115 Å². The molecule has 0 N–H and O–H groups in total. The first kappa shape index (κ1) is 28.0. The molecule has 2 aromatic carbocycles. The molecule has 3 aliphatic rings. The lowest BCUT2D eigenvalue weighted by Crippen LogP contribution is -2.46. The van der Waals surface area contributed by atoms with E-state index >= 15 is 0 Å². The van der Waals surface area contributed by atoms with E-state index in [-0.39, 0.29) is 0 Å². The fourth-order valence-corrected chi connectivity index (χ4v) is 6.56. The van der Waals surface area contributed by atoms with Crippen LogP contribution < -0.4 is 9.80 Å². The molecule has 0 spiro atoms. The molecule has 0 fully saturated rings. The molecule has 0 aromatic heterocycles. The number of aryl methyl sites for hydroxylation is 3. The number of rotatable bonds is 6. The zero-order valence-corrected chi connectivity index (χ0v) is 25.8. The quantitative estimate of drug-likeness (QED) is 0.366. The highest BCUT2D eigenvalue weighted by atomic mass is 15.2. The third-order valence-electron chi connectivity index (χ3n) is 8.79. The van der Waals surface area contributed by atoms with E-state index in [1.807, 2.05) is 0 Å². The van der Waals surface area contributed by atoms with Crippen molar-refractivity contribution in [3.8, 4) is 0 Å². The standard InChI is InChI=1S/C38H46N2/c1-25-9-15-33(16-10-25)39(35-19-13-27(3)21-30(35)6)37-23-29(5)24-38(32(37)8)40(34-17-11-26(2)12-18-34)36-20-14-28(4)22-31(36)7/h9-11,13-15,17,19-24,30,33,35H,12,16,18H2,1-8H3. The first-order valence-corrected chi connectivity index (χ1v) is 15.0. The SMILES string of the molecule is CC1=CCC(N(c2cc(C)cc(N(C3=CC=C(C)CC3)c3ccc(C)cc3C)c2C)C2C=CC(C)=CC2C)C=C1. The number of hydrogen-bond donors (Lipinski definition) is 0. The van der Waals surface area contributed by atoms with Crippen LogP contribution in [0, 0.1) is 33.6 Å². The number of allylic oxidation sites excluding steroid dienone is 8. The Bertz CT molecular complexity index is 1480. The summed E-state index contributed by atoms with van der Waals surface area (Å²) in [6, 6.07) is 12.3. The molecule has 0 amide bonds. The molecule has 3 atom stereocenters. The van der Waals surface area contributed by atoms with Crippen LogP contribution >= 0.6 is 0 Å². The third-order valence-corrected chi connectivity index (χ3v) is 8.79. The summed E-state index contributed by atoms with van der Waals surface area (Å²) in [7, 11) is 0. The molecule has 0 saturated heterocycles. The van der Waals surface area contributed by atoms with Crippen molar-refractivity contribution in [1.82, 2.24) is 0 Å². The van der Waals surface area contributed by atoms with Crippen LogP contribution in [0.25, 0.3) is 0 Å². The first-order chi connectivity index (χ1) is 19.1. The van der Waals surface area contributed by atoms with Crippen LogP contribution in [0.5, 0.6) is 0 Å². The van der Waals surface area contributed by atoms with E-state index in [4.69, 9.17) is 0 Å². The molecule has 2 nitrogen and oxygen atoms in total. The Morgan fingerprint density at radius 3 is 2.12 bits per heavy atom. The van der Waals surface area contributed by atoms with Crippen LogP contribution in [-0.4, -0.2) is 12.1 Å². The number of hydrogen-bond acceptors (Lipinski definition) is 2. The molecular weight excluding hydrogens is 484 g/mol. The molecule has 3 aliphatic carbocycles. The minimum absolute atomic E-state index is 0.299. The van der Waals surface area contributed by atoms with Crippen LogP contribution in [0.4, 0.5) is 17.1 Å². The van der Waals surface area contributed by atoms with Gasteiger partial charge in [-0.2, -0.15) is 0 Å². The minimum atomic E-state index is 0.299. The van der Waals surface area contributed by atoms with E-state index < -0.39 is 0 Å². The van der Waals surface area contributed by atoms with Gasteiger partial charge in [0.1, 0.15) is 0 Å². The Morgan fingerprint density at radius 2 is 1.48 bits per heavy atom. The van der Waals surface area contributed by atoms with E-state index in [1.54, 1.807) is 0 Å². The van der Waals surface area contributed by atoms with Gasteiger partial charge in [0.25, 0.3) is 0 Å². The zero-order chi connectivity index (χ0) is 28.6. The molecule has 0 aliphatic heterocycles. The van der Waals surface area contributed by atoms with Gasteiger partial charge in [0.05, 0.1) is 17.8 Å². The summed E-state index contributed by atoms with van der Waals surface area (Å²) in [5.41, 5.74) is 14.7. The van der Waals surface area contributed by atoms with Crippen molar-refractivity contribution >= 4 is 17.1 Å². The summed E-state index contributed by atoms with van der Waals surface area (Å²) in [4.78, 5) is 5.25. The lowest BCUT2D eigenvalue weighted by atomic mass is 9.88. The second-order valence-corrected chi connectivity index (χ2v) is 12.4. The van der Waals surface area contributed by atoms with Gasteiger partial charge in [-0.25, -0.2) is 0 Å². The van der Waals surface area contributed by atoms with E-state index in [2.05, 4.69) is 144 Å². The average Bonchev–Trinajstić information content (AvgIpc) is 2.91. The van der Waals surface area contributed by atoms with E-state index in [0.717, 1.165) is 19.3 Å². The maximum absolute atomic E-state index is 2.70. The maximum Gasteiger partial charge on any atom is 0.0542 e. The topological polar surface area (TPSA) is 6.48 Å². The molecule has 0 radical (unpaired) electrons. The summed E-state index contributed by atoms with van der Waals surface area (Å²) in [6.07, 6.45) is 22.1. The first-order valence-electron chi connectivity index (χ1n) is 15.0. The Labute approximate surface area is 242 Å². The van der Waals surface area contributed by atoms with Gasteiger partial charge >= 0.3 is 0 Å². The van der Waals surface area contributed by atoms with Gasteiger partial charge in [0.2, 0.25) is 0 Å². The van der Waals surface area contributed by atoms with Crippen LogP contribution in [0.3, 0.4) is 0 Å². The van der Waals surface area contributed by atoms with Gasteiger partial charge < -0.3 is 9.80 Å². The molecule has 3 unspecified atom stereocenters. The van der Waals surface area contributed by atoms with Crippen molar-refractivity contribution < 1.29 is 0 Å². The smallest absolute Gasteiger partial charge is 0.0542 e. The molecule has 208 valence electrons. The Hall–Kier alpha value is -3.52. The monoisotopic (exact) mass is 530 g/mol. The number of anilines is 3. The molecule has 5 rings (SSSR count). The highest BCUT2D eigenvalue weighted by Gasteiger charge is 2.31. The molecule has 40 heavy (non-hydrogen) atoms. The summed E-state index contributed by atoms with van der Waals surface area (Å²) in [6.45, 7) is 18.1. The molecule has 0 heterocycles. The molecular formula is C38H46N2. The highest BCUT2D eigenvalue weighted by molar-refractivity contribution is 5.79. The highest BCUT2D eigenvalue weighted by Crippen LogP contribution is 2.43. The largest absolute Gasteiger partial charge is 0.357 e. The maximum atomic E-state index is 2.70. The van der Waals surface area contributed by atoms with Crippen LogP contribution in [0.15, 0.2) is 101 Å². The predicted octanol–water partition coefficient (Wildman–Crippen LogP) is 10.3. The van der Waals surface area contributed by atoms with E-state index in [9.17, 15) is 0 Å². The summed E-state index contributed by atoms with van der Waals surface area (Å²) in [5, 5.41) is 0. The van der Waals surface area contributed by atoms with Crippen molar-refractivity contribution in [2.24, 2.45) is 5.92 Å². The van der Waals surface area contributed by atoms with Crippen molar-refractivity contribution in [2.45, 2.75) is 86.7 Å². The summed E-state index contributed by atoms with van der Waals surface area (Å²) in [5.74, 6) is 0.429. The lowest BCUT2D eigenvalue weighted by Gasteiger charge is -2.43. The zero-order valence-electron chi connectivity index (χ0n) is 25.8. The minimum Gasteiger partial charge on any atom is -0.357 e. The van der Waals surface area contributed by atoms with E-state index in [0.29, 0.717) is 18.0 Å². The van der Waals surface area contributed by atoms with Gasteiger partial charge in [0, 0.05) is 17.1 Å². The normalized spacial score (nSPS) is 22.4. The Kier molecular flexibility index (Phi) is 8.08. The second kappa shape index (κ2) is 11.5. The predicted molar refractivity (Wildman–Crippen MR) is 175 cm³/mol. The second-order valence-electron chi connectivity index (χ2n) is 12.4. The van der Waals surface area contributed by atoms with Crippen molar-refractivity contribution in [3.05, 3.63) is 124 Å². The van der Waals surface area contributed by atoms with E-state index in [1.165, 1.54) is 61.7 Å². The van der Waals surface area contributed by atoms with Crippen LogP contribution in [-0.2, 0) is 0 Å². The lowest BCUT2D eigenvalue weighted by molar-refractivity contribution is 0.523. The van der Waals surface area contributed by atoms with Gasteiger partial charge in [0.15, 0.2) is 0 Å². The van der Waals surface area contributed by atoms with Crippen molar-refractivity contribution in [2.75, 3.05) is 9.80 Å². The van der Waals surface area contributed by atoms with Crippen molar-refractivity contribution in [3.63, 3.8) is 0 Å². The van der Waals surface area contributed by atoms with Gasteiger partial charge in [-0.15, -0.1) is 0 Å². The molecule has 0 saturated carbocycles. The average molecular weight is 531 g/mol. The van der Waals surface area contributed by atoms with Crippen LogP contribution in [0.1, 0.15) is 69.2 Å². The van der Waals surface area contributed by atoms with Crippen molar-refractivity contribution in [1.29, 1.82) is 0 Å².